The van der Waals surface area contributed by atoms with Crippen LogP contribution in [0.25, 0.3) is 0 Å². The van der Waals surface area contributed by atoms with Crippen molar-refractivity contribution < 1.29 is 18.9 Å². The van der Waals surface area contributed by atoms with Gasteiger partial charge in [-0.25, -0.2) is 0 Å². The number of carbonyl (C=O) groups is 2. The van der Waals surface area contributed by atoms with Gasteiger partial charge in [-0.05, 0) is 6.92 Å². The number of carbonyl (C=O) groups excluding carboxylic acids is 1. The topological polar surface area (TPSA) is 71.4 Å². The molecule has 0 amide bonds. The molecule has 4 nitrogen and oxygen atoms in total. The largest absolute Gasteiger partial charge is 0.480 e. The Hall–Kier alpha value is -1.49. The summed E-state index contributed by atoms with van der Waals surface area (Å²) in [5, 5.41) is 7.61. The number of hydrogen-bond donors (Lipinski definition) is 1. The summed E-state index contributed by atoms with van der Waals surface area (Å²) in [4.78, 5) is 22.2. The first-order valence-corrected chi connectivity index (χ1v) is 6.09. The maximum atomic E-state index is 11.6. The van der Waals surface area contributed by atoms with E-state index in [4.69, 9.17) is 5.11 Å². The van der Waals surface area contributed by atoms with E-state index in [0.717, 1.165) is 0 Å². The van der Waals surface area contributed by atoms with Gasteiger partial charge in [0.2, 0.25) is 0 Å². The molecule has 0 radical (unpaired) electrons. The highest BCUT2D eigenvalue weighted by Crippen LogP contribution is 2.04. The molecule has 0 saturated heterocycles. The van der Waals surface area contributed by atoms with Gasteiger partial charge in [0.05, 0.1) is 5.75 Å². The molecule has 0 heterocycles. The van der Waals surface area contributed by atoms with Gasteiger partial charge in [0.15, 0.2) is 5.78 Å². The van der Waals surface area contributed by atoms with E-state index in [1.165, 1.54) is 6.92 Å². The van der Waals surface area contributed by atoms with Crippen LogP contribution in [0.15, 0.2) is 30.3 Å². The minimum atomic E-state index is -1.67. The van der Waals surface area contributed by atoms with Gasteiger partial charge in [0.25, 0.3) is 0 Å². The van der Waals surface area contributed by atoms with Crippen molar-refractivity contribution in [3.8, 4) is 0 Å². The third-order valence-corrected chi connectivity index (χ3v) is 3.65. The highest BCUT2D eigenvalue weighted by molar-refractivity contribution is 7.87. The average Bonchev–Trinajstić information content (AvgIpc) is 2.28. The third kappa shape index (κ3) is 3.27. The van der Waals surface area contributed by atoms with E-state index in [1.54, 1.807) is 30.3 Å². The highest BCUT2D eigenvalue weighted by Gasteiger charge is 2.21. The Kier molecular flexibility index (Phi) is 4.37. The summed E-state index contributed by atoms with van der Waals surface area (Å²) in [6, 6.07) is 8.41. The molecule has 0 aliphatic heterocycles. The SMILES string of the molecule is CC(C(=O)O)S(=O)CC(=O)c1ccccc1. The summed E-state index contributed by atoms with van der Waals surface area (Å²) >= 11 is 0. The van der Waals surface area contributed by atoms with Crippen LogP contribution in [0.2, 0.25) is 0 Å². The lowest BCUT2D eigenvalue weighted by Gasteiger charge is -2.05. The molecule has 0 saturated carbocycles. The maximum Gasteiger partial charge on any atom is 0.318 e. The van der Waals surface area contributed by atoms with E-state index in [2.05, 4.69) is 0 Å². The Morgan fingerprint density at radius 1 is 1.31 bits per heavy atom. The van der Waals surface area contributed by atoms with Crippen molar-refractivity contribution in [2.45, 2.75) is 12.2 Å². The second kappa shape index (κ2) is 5.55. The number of aliphatic carboxylic acids is 1. The summed E-state index contributed by atoms with van der Waals surface area (Å²) < 4.78 is 11.5. The first-order chi connectivity index (χ1) is 7.52. The maximum absolute atomic E-state index is 11.6. The molecule has 1 N–H and O–H groups in total. The van der Waals surface area contributed by atoms with Gasteiger partial charge in [-0.3, -0.25) is 13.8 Å². The lowest BCUT2D eigenvalue weighted by molar-refractivity contribution is -0.136. The molecule has 5 heteroatoms. The fraction of sp³-hybridized carbons (Fsp3) is 0.273. The van der Waals surface area contributed by atoms with E-state index in [9.17, 15) is 13.8 Å². The van der Waals surface area contributed by atoms with Gasteiger partial charge in [-0.1, -0.05) is 30.3 Å². The minimum absolute atomic E-state index is 0.253. The van der Waals surface area contributed by atoms with Crippen molar-refractivity contribution in [2.75, 3.05) is 5.75 Å². The number of Topliss-reactive ketones (excluding diaryl/α,β-unsaturated/α-hetero) is 1. The summed E-state index contributed by atoms with van der Waals surface area (Å²) in [6.45, 7) is 1.33. The van der Waals surface area contributed by atoms with Crippen molar-refractivity contribution in [3.63, 3.8) is 0 Å². The summed E-state index contributed by atoms with van der Waals surface area (Å²) in [5.41, 5.74) is 0.452. The predicted molar refractivity (Wildman–Crippen MR) is 60.9 cm³/mol. The fourth-order valence-corrected chi connectivity index (χ4v) is 1.97. The molecule has 2 atom stereocenters. The number of carboxylic acid groups (broad SMARTS) is 1. The van der Waals surface area contributed by atoms with Gasteiger partial charge >= 0.3 is 5.97 Å². The number of hydrogen-bond acceptors (Lipinski definition) is 3. The van der Waals surface area contributed by atoms with Crippen molar-refractivity contribution in [1.29, 1.82) is 0 Å². The predicted octanol–water partition coefficient (Wildman–Crippen LogP) is 1.09. The molecule has 1 rings (SSSR count). The van der Waals surface area contributed by atoms with E-state index in [0.29, 0.717) is 5.56 Å². The molecule has 0 fully saturated rings. The first kappa shape index (κ1) is 12.6. The second-order valence-corrected chi connectivity index (χ2v) is 5.05. The molecule has 16 heavy (non-hydrogen) atoms. The Balaban J connectivity index is 2.66. The van der Waals surface area contributed by atoms with E-state index in [1.807, 2.05) is 0 Å². The van der Waals surface area contributed by atoms with Crippen molar-refractivity contribution >= 4 is 22.6 Å². The zero-order chi connectivity index (χ0) is 12.1. The molecule has 0 bridgehead atoms. The Labute approximate surface area is 95.7 Å². The zero-order valence-corrected chi connectivity index (χ0v) is 9.57. The second-order valence-electron chi connectivity index (χ2n) is 3.29. The van der Waals surface area contributed by atoms with E-state index in [-0.39, 0.29) is 11.5 Å². The van der Waals surface area contributed by atoms with Gasteiger partial charge < -0.3 is 5.11 Å². The van der Waals surface area contributed by atoms with Crippen molar-refractivity contribution in [3.05, 3.63) is 35.9 Å². The fourth-order valence-electron chi connectivity index (χ4n) is 1.07. The molecule has 0 aliphatic rings. The molecule has 1 aromatic rings. The molecule has 86 valence electrons. The molecule has 0 aliphatic carbocycles. The molecule has 0 spiro atoms. The standard InChI is InChI=1S/C11H12O4S/c1-8(11(13)14)16(15)7-10(12)9-5-3-2-4-6-9/h2-6,8H,7H2,1H3,(H,13,14). The number of ketones is 1. The van der Waals surface area contributed by atoms with Crippen LogP contribution in [0.3, 0.4) is 0 Å². The van der Waals surface area contributed by atoms with Crippen LogP contribution in [-0.2, 0) is 15.6 Å². The van der Waals surface area contributed by atoms with Crippen LogP contribution >= 0.6 is 0 Å². The highest BCUT2D eigenvalue weighted by atomic mass is 32.2. The van der Waals surface area contributed by atoms with Gasteiger partial charge in [0.1, 0.15) is 5.25 Å². The normalized spacial score (nSPS) is 14.1. The Bertz CT molecular complexity index is 413. The molecule has 2 unspecified atom stereocenters. The van der Waals surface area contributed by atoms with Crippen LogP contribution in [-0.4, -0.2) is 32.1 Å². The van der Waals surface area contributed by atoms with Crippen LogP contribution in [0.1, 0.15) is 17.3 Å². The summed E-state index contributed by atoms with van der Waals surface area (Å²) in [6.07, 6.45) is 0. The number of rotatable bonds is 5. The lowest BCUT2D eigenvalue weighted by Crippen LogP contribution is -2.26. The Morgan fingerprint density at radius 3 is 2.38 bits per heavy atom. The van der Waals surface area contributed by atoms with Crippen LogP contribution in [0.4, 0.5) is 0 Å². The van der Waals surface area contributed by atoms with E-state index < -0.39 is 22.0 Å². The number of benzene rings is 1. The quantitative estimate of drug-likeness (QED) is 0.782. The monoisotopic (exact) mass is 240 g/mol. The summed E-state index contributed by atoms with van der Waals surface area (Å²) in [5.74, 6) is -1.71. The lowest BCUT2D eigenvalue weighted by atomic mass is 10.2. The van der Waals surface area contributed by atoms with Crippen LogP contribution in [0.5, 0.6) is 0 Å². The molecular formula is C11H12O4S. The molecule has 0 aromatic heterocycles. The van der Waals surface area contributed by atoms with Crippen LogP contribution in [0, 0.1) is 0 Å². The first-order valence-electron chi connectivity index (χ1n) is 4.70. The van der Waals surface area contributed by atoms with Crippen molar-refractivity contribution in [1.82, 2.24) is 0 Å². The van der Waals surface area contributed by atoms with Gasteiger partial charge in [-0.15, -0.1) is 0 Å². The Morgan fingerprint density at radius 2 is 1.88 bits per heavy atom. The molecule has 1 aromatic carbocycles. The van der Waals surface area contributed by atoms with E-state index >= 15 is 0 Å². The minimum Gasteiger partial charge on any atom is -0.480 e. The van der Waals surface area contributed by atoms with Crippen LogP contribution < -0.4 is 0 Å². The third-order valence-electron chi connectivity index (χ3n) is 2.11. The number of carboxylic acids is 1. The smallest absolute Gasteiger partial charge is 0.318 e. The van der Waals surface area contributed by atoms with Gasteiger partial charge in [0, 0.05) is 16.4 Å². The molecular weight excluding hydrogens is 228 g/mol. The summed E-state index contributed by atoms with van der Waals surface area (Å²) in [7, 11) is -1.67. The van der Waals surface area contributed by atoms with Crippen molar-refractivity contribution in [2.24, 2.45) is 0 Å². The van der Waals surface area contributed by atoms with Gasteiger partial charge in [-0.2, -0.15) is 0 Å². The zero-order valence-electron chi connectivity index (χ0n) is 8.75. The average molecular weight is 240 g/mol.